The second-order valence-electron chi connectivity index (χ2n) is 4.38. The molecule has 17 heavy (non-hydrogen) atoms. The number of amides is 1. The Hall–Kier alpha value is -1.85. The van der Waals surface area contributed by atoms with Crippen molar-refractivity contribution in [1.29, 1.82) is 0 Å². The molecule has 6 nitrogen and oxygen atoms in total. The summed E-state index contributed by atoms with van der Waals surface area (Å²) in [6.07, 6.45) is 3.55. The molecule has 0 bridgehead atoms. The summed E-state index contributed by atoms with van der Waals surface area (Å²) in [5, 5.41) is 5.97. The number of nitrogens with one attached hydrogen (secondary N) is 2. The number of nitrogens with two attached hydrogens (primary N) is 1. The molecule has 2 rings (SSSR count). The van der Waals surface area contributed by atoms with Gasteiger partial charge in [0.15, 0.2) is 0 Å². The summed E-state index contributed by atoms with van der Waals surface area (Å²) in [5.41, 5.74) is 6.43. The minimum atomic E-state index is -0.330. The van der Waals surface area contributed by atoms with Crippen molar-refractivity contribution < 1.29 is 4.79 Å². The second-order valence-corrected chi connectivity index (χ2v) is 4.38. The van der Waals surface area contributed by atoms with Crippen molar-refractivity contribution in [1.82, 2.24) is 15.3 Å². The molecule has 6 heteroatoms. The first-order valence-corrected chi connectivity index (χ1v) is 5.72. The molecule has 1 aromatic rings. The van der Waals surface area contributed by atoms with Crippen LogP contribution in [0, 0.1) is 6.92 Å². The number of nitrogens with zero attached hydrogens (tertiary/aromatic N) is 2. The molecule has 1 amide bonds. The normalized spacial score (nSPS) is 16.4. The molecular weight excluding hydrogens is 218 g/mol. The van der Waals surface area contributed by atoms with Crippen LogP contribution in [-0.4, -0.2) is 28.0 Å². The lowest BCUT2D eigenvalue weighted by molar-refractivity contribution is -0.121. The van der Waals surface area contributed by atoms with Gasteiger partial charge in [0.05, 0.1) is 0 Å². The van der Waals surface area contributed by atoms with E-state index in [0.717, 1.165) is 18.4 Å². The minimum absolute atomic E-state index is 0.0101. The maximum absolute atomic E-state index is 11.7. The van der Waals surface area contributed by atoms with E-state index in [9.17, 15) is 4.79 Å². The van der Waals surface area contributed by atoms with Crippen LogP contribution in [0.3, 0.4) is 0 Å². The van der Waals surface area contributed by atoms with Gasteiger partial charge >= 0.3 is 0 Å². The molecule has 1 saturated carbocycles. The van der Waals surface area contributed by atoms with Crippen molar-refractivity contribution >= 4 is 17.5 Å². The Morgan fingerprint density at radius 2 is 2.24 bits per heavy atom. The van der Waals surface area contributed by atoms with E-state index < -0.39 is 0 Å². The summed E-state index contributed by atoms with van der Waals surface area (Å²) in [7, 11) is 0. The van der Waals surface area contributed by atoms with Crippen LogP contribution in [-0.2, 0) is 4.79 Å². The SMILES string of the molecule is Cc1c(N)ncnc1NC(C)C(=O)NC1CC1. The van der Waals surface area contributed by atoms with E-state index in [1.54, 1.807) is 6.92 Å². The number of carbonyl (C=O) groups excluding carboxylic acids is 1. The van der Waals surface area contributed by atoms with Gasteiger partial charge in [-0.25, -0.2) is 9.97 Å². The highest BCUT2D eigenvalue weighted by Crippen LogP contribution is 2.19. The number of hydrogen-bond acceptors (Lipinski definition) is 5. The van der Waals surface area contributed by atoms with E-state index >= 15 is 0 Å². The summed E-state index contributed by atoms with van der Waals surface area (Å²) >= 11 is 0. The van der Waals surface area contributed by atoms with Crippen molar-refractivity contribution in [3.8, 4) is 0 Å². The van der Waals surface area contributed by atoms with E-state index in [0.29, 0.717) is 17.7 Å². The van der Waals surface area contributed by atoms with Gasteiger partial charge in [0.25, 0.3) is 0 Å². The number of nitrogen functional groups attached to an aromatic ring is 1. The fourth-order valence-electron chi connectivity index (χ4n) is 1.43. The molecular formula is C11H17N5O. The predicted molar refractivity (Wildman–Crippen MR) is 65.4 cm³/mol. The molecule has 0 radical (unpaired) electrons. The number of rotatable bonds is 4. The van der Waals surface area contributed by atoms with Gasteiger partial charge in [-0.05, 0) is 26.7 Å². The Labute approximate surface area is 100 Å². The third kappa shape index (κ3) is 2.83. The van der Waals surface area contributed by atoms with Crippen molar-refractivity contribution in [2.75, 3.05) is 11.1 Å². The van der Waals surface area contributed by atoms with E-state index in [1.165, 1.54) is 6.33 Å². The molecule has 0 saturated heterocycles. The molecule has 92 valence electrons. The van der Waals surface area contributed by atoms with Crippen LogP contribution in [0.2, 0.25) is 0 Å². The van der Waals surface area contributed by atoms with E-state index in [-0.39, 0.29) is 11.9 Å². The Bertz CT molecular complexity index is 430. The third-order valence-corrected chi connectivity index (χ3v) is 2.79. The van der Waals surface area contributed by atoms with Gasteiger partial charge in [-0.1, -0.05) is 0 Å². The van der Waals surface area contributed by atoms with E-state index in [2.05, 4.69) is 20.6 Å². The van der Waals surface area contributed by atoms with Gasteiger partial charge in [-0.3, -0.25) is 4.79 Å². The molecule has 0 aliphatic heterocycles. The van der Waals surface area contributed by atoms with Crippen LogP contribution < -0.4 is 16.4 Å². The van der Waals surface area contributed by atoms with Gasteiger partial charge in [0, 0.05) is 11.6 Å². The number of aromatic nitrogens is 2. The number of carbonyl (C=O) groups is 1. The summed E-state index contributed by atoms with van der Waals surface area (Å²) in [6.45, 7) is 3.62. The lowest BCUT2D eigenvalue weighted by Gasteiger charge is -2.16. The van der Waals surface area contributed by atoms with Crippen LogP contribution in [0.15, 0.2) is 6.33 Å². The van der Waals surface area contributed by atoms with Gasteiger partial charge in [0.1, 0.15) is 24.0 Å². The Morgan fingerprint density at radius 1 is 1.53 bits per heavy atom. The highest BCUT2D eigenvalue weighted by Gasteiger charge is 2.25. The standard InChI is InChI=1S/C11H17N5O/c1-6-9(12)13-5-14-10(6)15-7(2)11(17)16-8-3-4-8/h5,7-8H,3-4H2,1-2H3,(H,16,17)(H3,12,13,14,15). The Balaban J connectivity index is 1.99. The zero-order valence-electron chi connectivity index (χ0n) is 10.0. The smallest absolute Gasteiger partial charge is 0.242 e. The monoisotopic (exact) mass is 235 g/mol. The average molecular weight is 235 g/mol. The van der Waals surface area contributed by atoms with Crippen LogP contribution in [0.25, 0.3) is 0 Å². The summed E-state index contributed by atoms with van der Waals surface area (Å²) in [6, 6.07) is 0.0342. The number of anilines is 2. The molecule has 1 fully saturated rings. The minimum Gasteiger partial charge on any atom is -0.383 e. The summed E-state index contributed by atoms with van der Waals surface area (Å²) < 4.78 is 0. The highest BCUT2D eigenvalue weighted by atomic mass is 16.2. The molecule has 1 unspecified atom stereocenters. The maximum atomic E-state index is 11.7. The molecule has 1 aromatic heterocycles. The van der Waals surface area contributed by atoms with Crippen molar-refractivity contribution in [2.24, 2.45) is 0 Å². The quantitative estimate of drug-likeness (QED) is 0.704. The molecule has 1 aliphatic carbocycles. The molecule has 1 aliphatic rings. The van der Waals surface area contributed by atoms with Crippen molar-refractivity contribution in [3.63, 3.8) is 0 Å². The van der Waals surface area contributed by atoms with Gasteiger partial charge in [-0.2, -0.15) is 0 Å². The first kappa shape index (κ1) is 11.6. The fourth-order valence-corrected chi connectivity index (χ4v) is 1.43. The zero-order valence-corrected chi connectivity index (χ0v) is 10.0. The summed E-state index contributed by atoms with van der Waals surface area (Å²) in [4.78, 5) is 19.7. The molecule has 0 aromatic carbocycles. The van der Waals surface area contributed by atoms with Crippen LogP contribution in [0.5, 0.6) is 0 Å². The lowest BCUT2D eigenvalue weighted by Crippen LogP contribution is -2.39. The second kappa shape index (κ2) is 4.57. The van der Waals surface area contributed by atoms with E-state index in [4.69, 9.17) is 5.73 Å². The first-order valence-electron chi connectivity index (χ1n) is 5.72. The first-order chi connectivity index (χ1) is 8.08. The molecule has 1 heterocycles. The third-order valence-electron chi connectivity index (χ3n) is 2.79. The molecule has 1 atom stereocenters. The number of hydrogen-bond donors (Lipinski definition) is 3. The zero-order chi connectivity index (χ0) is 12.4. The van der Waals surface area contributed by atoms with Crippen LogP contribution in [0.1, 0.15) is 25.3 Å². The predicted octanol–water partition coefficient (Wildman–Crippen LogP) is 0.446. The Morgan fingerprint density at radius 3 is 2.88 bits per heavy atom. The van der Waals surface area contributed by atoms with Gasteiger partial charge < -0.3 is 16.4 Å². The summed E-state index contributed by atoms with van der Waals surface area (Å²) in [5.74, 6) is 1.03. The largest absolute Gasteiger partial charge is 0.383 e. The van der Waals surface area contributed by atoms with Crippen molar-refractivity contribution in [2.45, 2.75) is 38.8 Å². The average Bonchev–Trinajstić information content (AvgIpc) is 3.08. The van der Waals surface area contributed by atoms with Crippen LogP contribution >= 0.6 is 0 Å². The van der Waals surface area contributed by atoms with Crippen LogP contribution in [0.4, 0.5) is 11.6 Å². The van der Waals surface area contributed by atoms with Gasteiger partial charge in [-0.15, -0.1) is 0 Å². The molecule has 4 N–H and O–H groups in total. The van der Waals surface area contributed by atoms with Crippen molar-refractivity contribution in [3.05, 3.63) is 11.9 Å². The highest BCUT2D eigenvalue weighted by molar-refractivity contribution is 5.84. The molecule has 0 spiro atoms. The fraction of sp³-hybridized carbons (Fsp3) is 0.545. The Kier molecular flexibility index (Phi) is 3.12. The van der Waals surface area contributed by atoms with E-state index in [1.807, 2.05) is 6.92 Å². The maximum Gasteiger partial charge on any atom is 0.242 e. The lowest BCUT2D eigenvalue weighted by atomic mass is 10.2. The topological polar surface area (TPSA) is 92.9 Å². The van der Waals surface area contributed by atoms with Gasteiger partial charge in [0.2, 0.25) is 5.91 Å².